The Labute approximate surface area is 209 Å². The first-order valence-electron chi connectivity index (χ1n) is 11.5. The topological polar surface area (TPSA) is 166 Å². The van der Waals surface area contributed by atoms with E-state index in [1.54, 1.807) is 30.3 Å². The summed E-state index contributed by atoms with van der Waals surface area (Å²) in [6, 6.07) is 11.7. The van der Waals surface area contributed by atoms with Gasteiger partial charge in [0.05, 0.1) is 22.0 Å². The summed E-state index contributed by atoms with van der Waals surface area (Å²) >= 11 is 0. The summed E-state index contributed by atoms with van der Waals surface area (Å²) < 4.78 is 46.6. The zero-order valence-corrected chi connectivity index (χ0v) is 21.0. The van der Waals surface area contributed by atoms with Crippen molar-refractivity contribution >= 4 is 27.3 Å². The Kier molecular flexibility index (Phi) is 8.77. The number of halogens is 1. The van der Waals surface area contributed by atoms with E-state index < -0.39 is 34.1 Å². The highest BCUT2D eigenvalue weighted by Crippen LogP contribution is 2.25. The molecule has 3 rings (SSSR count). The Bertz CT molecular complexity index is 1280. The van der Waals surface area contributed by atoms with Crippen molar-refractivity contribution in [3.8, 4) is 11.4 Å². The molecule has 12 heteroatoms. The molecule has 3 aromatic rings. The molecule has 0 saturated carbocycles. The van der Waals surface area contributed by atoms with Crippen LogP contribution in [0.1, 0.15) is 45.0 Å². The maximum absolute atomic E-state index is 13.1. The molecule has 1 amide bonds. The van der Waals surface area contributed by atoms with E-state index in [9.17, 15) is 17.6 Å². The van der Waals surface area contributed by atoms with Gasteiger partial charge >= 0.3 is 0 Å². The van der Waals surface area contributed by atoms with Gasteiger partial charge in [-0.1, -0.05) is 17.6 Å². The van der Waals surface area contributed by atoms with Gasteiger partial charge in [-0.25, -0.2) is 12.8 Å². The number of nitrogens with zero attached hydrogens (tertiary/aromatic N) is 2. The van der Waals surface area contributed by atoms with Crippen LogP contribution in [0.25, 0.3) is 11.4 Å². The van der Waals surface area contributed by atoms with Crippen LogP contribution in [-0.2, 0) is 14.8 Å². The summed E-state index contributed by atoms with van der Waals surface area (Å²) in [6.45, 7) is 2.72. The Morgan fingerprint density at radius 1 is 1.14 bits per heavy atom. The van der Waals surface area contributed by atoms with Crippen LogP contribution in [0.3, 0.4) is 0 Å². The lowest BCUT2D eigenvalue weighted by molar-refractivity contribution is -0.124. The second-order valence-electron chi connectivity index (χ2n) is 9.03. The molecule has 1 atom stereocenters. The average molecular weight is 519 g/mol. The molecule has 0 radical (unpaired) electrons. The van der Waals surface area contributed by atoms with E-state index >= 15 is 0 Å². The number of nitrogens with two attached hydrogens (primary N) is 2. The number of hydrogen-bond acceptors (Lipinski definition) is 8. The van der Waals surface area contributed by atoms with E-state index in [4.69, 9.17) is 16.0 Å². The molecule has 0 aliphatic carbocycles. The highest BCUT2D eigenvalue weighted by Gasteiger charge is 2.27. The SMILES string of the molecule is CC(C)(CF)C(=O)Nc1cccc(NS(=O)(=O)c2ccc(-c3noc([C@@H](N)CCCCN)n3)cc2)c1. The lowest BCUT2D eigenvalue weighted by atomic mass is 9.94. The normalized spacial score (nSPS) is 12.8. The molecule has 0 unspecified atom stereocenters. The van der Waals surface area contributed by atoms with Crippen LogP contribution in [0.4, 0.5) is 15.8 Å². The second kappa shape index (κ2) is 11.6. The molecule has 0 aliphatic heterocycles. The minimum Gasteiger partial charge on any atom is -0.337 e. The summed E-state index contributed by atoms with van der Waals surface area (Å²) in [5, 5.41) is 6.54. The first-order valence-corrected chi connectivity index (χ1v) is 12.9. The van der Waals surface area contributed by atoms with Gasteiger partial charge in [-0.2, -0.15) is 4.98 Å². The number of aromatic nitrogens is 2. The number of sulfonamides is 1. The molecule has 6 N–H and O–H groups in total. The molecular formula is C24H31FN6O4S. The molecule has 0 fully saturated rings. The monoisotopic (exact) mass is 518 g/mol. The third-order valence-corrected chi connectivity index (χ3v) is 6.87. The van der Waals surface area contributed by atoms with Crippen LogP contribution in [0.15, 0.2) is 57.9 Å². The quantitative estimate of drug-likeness (QED) is 0.264. The molecule has 36 heavy (non-hydrogen) atoms. The van der Waals surface area contributed by atoms with Gasteiger partial charge in [-0.05, 0) is 75.7 Å². The third-order valence-electron chi connectivity index (χ3n) is 5.47. The van der Waals surface area contributed by atoms with Crippen molar-refractivity contribution in [2.75, 3.05) is 23.3 Å². The van der Waals surface area contributed by atoms with Gasteiger partial charge in [0.2, 0.25) is 17.6 Å². The highest BCUT2D eigenvalue weighted by molar-refractivity contribution is 7.92. The highest BCUT2D eigenvalue weighted by atomic mass is 32.2. The Balaban J connectivity index is 1.69. The Hall–Kier alpha value is -3.35. The van der Waals surface area contributed by atoms with Crippen LogP contribution in [0.2, 0.25) is 0 Å². The zero-order valence-electron chi connectivity index (χ0n) is 20.2. The number of rotatable bonds is 12. The van der Waals surface area contributed by atoms with E-state index in [2.05, 4.69) is 20.2 Å². The van der Waals surface area contributed by atoms with Crippen molar-refractivity contribution in [3.05, 3.63) is 54.4 Å². The average Bonchev–Trinajstić information content (AvgIpc) is 3.35. The molecule has 0 bridgehead atoms. The standard InChI is InChI=1S/C24H31FN6O4S/c1-24(2,15-25)23(32)28-17-6-5-7-18(14-17)31-36(33,34)19-11-9-16(10-12-19)21-29-22(35-30-21)20(27)8-3-4-13-26/h5-7,9-12,14,20,31H,3-4,8,13,15,26-27H2,1-2H3,(H,28,32)/t20-/m0/s1. The lowest BCUT2D eigenvalue weighted by Gasteiger charge is -2.19. The molecular weight excluding hydrogens is 487 g/mol. The number of nitrogens with one attached hydrogen (secondary N) is 2. The van der Waals surface area contributed by atoms with Gasteiger partial charge in [0, 0.05) is 11.3 Å². The first kappa shape index (κ1) is 27.2. The summed E-state index contributed by atoms with van der Waals surface area (Å²) in [5.74, 6) is 0.0971. The largest absolute Gasteiger partial charge is 0.337 e. The van der Waals surface area contributed by atoms with Gasteiger partial charge in [0.15, 0.2) is 0 Å². The summed E-state index contributed by atoms with van der Waals surface area (Å²) in [6.07, 6.45) is 2.37. The first-order chi connectivity index (χ1) is 17.1. The predicted molar refractivity (Wildman–Crippen MR) is 135 cm³/mol. The number of unbranched alkanes of at least 4 members (excludes halogenated alkanes) is 1. The number of carbonyl (C=O) groups is 1. The summed E-state index contributed by atoms with van der Waals surface area (Å²) in [4.78, 5) is 16.5. The third kappa shape index (κ3) is 6.86. The van der Waals surface area contributed by atoms with Crippen LogP contribution in [0.5, 0.6) is 0 Å². The number of amides is 1. The Morgan fingerprint density at radius 3 is 2.50 bits per heavy atom. The number of benzene rings is 2. The van der Waals surface area contributed by atoms with E-state index in [-0.39, 0.29) is 10.6 Å². The number of alkyl halides is 1. The predicted octanol–water partition coefficient (Wildman–Crippen LogP) is 3.60. The van der Waals surface area contributed by atoms with E-state index in [0.29, 0.717) is 35.9 Å². The Morgan fingerprint density at radius 2 is 1.83 bits per heavy atom. The molecule has 1 heterocycles. The summed E-state index contributed by atoms with van der Waals surface area (Å²) in [5.41, 5.74) is 11.5. The van der Waals surface area contributed by atoms with Gasteiger partial charge in [0.1, 0.15) is 6.67 Å². The van der Waals surface area contributed by atoms with Crippen LogP contribution in [-0.4, -0.2) is 37.7 Å². The van der Waals surface area contributed by atoms with E-state index in [0.717, 1.165) is 12.8 Å². The van der Waals surface area contributed by atoms with Crippen LogP contribution < -0.4 is 21.5 Å². The molecule has 2 aromatic carbocycles. The molecule has 0 aliphatic rings. The molecule has 1 aromatic heterocycles. The number of anilines is 2. The van der Waals surface area contributed by atoms with Crippen molar-refractivity contribution in [1.29, 1.82) is 0 Å². The van der Waals surface area contributed by atoms with E-state index in [1.807, 2.05) is 0 Å². The van der Waals surface area contributed by atoms with Gasteiger partial charge in [-0.15, -0.1) is 0 Å². The smallest absolute Gasteiger partial charge is 0.261 e. The van der Waals surface area contributed by atoms with Crippen LogP contribution >= 0.6 is 0 Å². The fourth-order valence-corrected chi connectivity index (χ4v) is 4.20. The van der Waals surface area contributed by atoms with Crippen molar-refractivity contribution in [2.24, 2.45) is 16.9 Å². The number of carbonyl (C=O) groups excluding carboxylic acids is 1. The molecule has 0 spiro atoms. The van der Waals surface area contributed by atoms with Crippen molar-refractivity contribution < 1.29 is 22.1 Å². The molecule has 10 nitrogen and oxygen atoms in total. The van der Waals surface area contributed by atoms with Crippen molar-refractivity contribution in [2.45, 2.75) is 44.0 Å². The number of hydrogen-bond donors (Lipinski definition) is 4. The van der Waals surface area contributed by atoms with Gasteiger partial charge < -0.3 is 21.3 Å². The maximum atomic E-state index is 13.1. The van der Waals surface area contributed by atoms with Crippen molar-refractivity contribution in [3.63, 3.8) is 0 Å². The van der Waals surface area contributed by atoms with Crippen molar-refractivity contribution in [1.82, 2.24) is 10.1 Å². The lowest BCUT2D eigenvalue weighted by Crippen LogP contribution is -2.32. The fraction of sp³-hybridized carbons (Fsp3) is 0.375. The maximum Gasteiger partial charge on any atom is 0.261 e. The minimum atomic E-state index is -3.93. The minimum absolute atomic E-state index is 0.0152. The molecule has 194 valence electrons. The second-order valence-corrected chi connectivity index (χ2v) is 10.7. The fourth-order valence-electron chi connectivity index (χ4n) is 3.15. The molecule has 0 saturated heterocycles. The zero-order chi connectivity index (χ0) is 26.3. The van der Waals surface area contributed by atoms with Crippen LogP contribution in [0, 0.1) is 5.41 Å². The van der Waals surface area contributed by atoms with E-state index in [1.165, 1.54) is 32.0 Å². The van der Waals surface area contributed by atoms with Gasteiger partial charge in [-0.3, -0.25) is 9.52 Å². The summed E-state index contributed by atoms with van der Waals surface area (Å²) in [7, 11) is -3.93. The van der Waals surface area contributed by atoms with Gasteiger partial charge in [0.25, 0.3) is 10.0 Å².